The van der Waals surface area contributed by atoms with E-state index in [9.17, 15) is 9.59 Å². The van der Waals surface area contributed by atoms with Gasteiger partial charge in [-0.25, -0.2) is 4.79 Å². The van der Waals surface area contributed by atoms with Gasteiger partial charge >= 0.3 is 6.09 Å². The summed E-state index contributed by atoms with van der Waals surface area (Å²) >= 11 is 21.7. The van der Waals surface area contributed by atoms with Crippen LogP contribution in [-0.2, 0) is 4.74 Å². The minimum absolute atomic E-state index is 0.327. The number of carbonyl (C=O) groups excluding carboxylic acids is 2. The first-order chi connectivity index (χ1) is 8.70. The van der Waals surface area contributed by atoms with Crippen molar-refractivity contribution in [2.75, 3.05) is 18.6 Å². The van der Waals surface area contributed by atoms with Crippen LogP contribution in [0.2, 0.25) is 0 Å². The largest absolute Gasteiger partial charge is 0.445 e. The number of alkyl halides is 3. The first-order valence-electron chi connectivity index (χ1n) is 4.98. The number of hydrogen-bond acceptors (Lipinski definition) is 3. The molecule has 0 spiro atoms. The van der Waals surface area contributed by atoms with Crippen LogP contribution in [0.1, 0.15) is 10.4 Å². The van der Waals surface area contributed by atoms with Gasteiger partial charge in [-0.15, -0.1) is 0 Å². The highest BCUT2D eigenvalue weighted by Gasteiger charge is 2.23. The molecule has 104 valence electrons. The fraction of sp³-hybridized carbons (Fsp3) is 0.273. The Kier molecular flexibility index (Phi) is 5.74. The van der Waals surface area contributed by atoms with Crippen molar-refractivity contribution >= 4 is 63.4 Å². The molecule has 0 heterocycles. The van der Waals surface area contributed by atoms with Crippen molar-refractivity contribution in [3.8, 4) is 0 Å². The molecule has 0 atom stereocenters. The lowest BCUT2D eigenvalue weighted by atomic mass is 10.2. The predicted octanol–water partition coefficient (Wildman–Crippen LogP) is 4.01. The SMILES string of the molecule is CN(C(=O)OCC(Cl)(Cl)Cl)c1ccc(C(=O)Cl)cc1. The average Bonchev–Trinajstić information content (AvgIpc) is 2.34. The summed E-state index contributed by atoms with van der Waals surface area (Å²) in [7, 11) is 1.48. The summed E-state index contributed by atoms with van der Waals surface area (Å²) in [6, 6.07) is 6.07. The molecule has 19 heavy (non-hydrogen) atoms. The Balaban J connectivity index is 2.69. The molecule has 4 nitrogen and oxygen atoms in total. The lowest BCUT2D eigenvalue weighted by molar-refractivity contribution is 0.108. The number of benzene rings is 1. The topological polar surface area (TPSA) is 46.6 Å². The molecule has 0 aliphatic rings. The maximum atomic E-state index is 11.6. The first-order valence-corrected chi connectivity index (χ1v) is 6.49. The first kappa shape index (κ1) is 16.4. The second kappa shape index (κ2) is 6.66. The van der Waals surface area contributed by atoms with Gasteiger partial charge in [-0.2, -0.15) is 0 Å². The molecular weight excluding hydrogens is 336 g/mol. The third kappa shape index (κ3) is 5.45. The average molecular weight is 345 g/mol. The maximum absolute atomic E-state index is 11.6. The predicted molar refractivity (Wildman–Crippen MR) is 76.7 cm³/mol. The molecule has 0 aliphatic carbocycles. The van der Waals surface area contributed by atoms with Gasteiger partial charge in [-0.1, -0.05) is 34.8 Å². The van der Waals surface area contributed by atoms with Gasteiger partial charge in [-0.3, -0.25) is 9.69 Å². The van der Waals surface area contributed by atoms with E-state index < -0.39 is 15.1 Å². The quantitative estimate of drug-likeness (QED) is 0.614. The van der Waals surface area contributed by atoms with Crippen LogP contribution in [0.4, 0.5) is 10.5 Å². The molecule has 1 rings (SSSR count). The second-order valence-corrected chi connectivity index (χ2v) is 6.41. The summed E-state index contributed by atoms with van der Waals surface area (Å²) in [6.45, 7) is -0.362. The summed E-state index contributed by atoms with van der Waals surface area (Å²) < 4.78 is 3.14. The van der Waals surface area contributed by atoms with E-state index in [1.807, 2.05) is 0 Å². The van der Waals surface area contributed by atoms with Crippen molar-refractivity contribution in [1.29, 1.82) is 0 Å². The van der Waals surface area contributed by atoms with E-state index in [1.165, 1.54) is 24.1 Å². The van der Waals surface area contributed by atoms with Crippen LogP contribution < -0.4 is 4.90 Å². The number of ether oxygens (including phenoxy) is 1. The van der Waals surface area contributed by atoms with Crippen molar-refractivity contribution in [2.45, 2.75) is 3.79 Å². The van der Waals surface area contributed by atoms with Gasteiger partial charge in [0, 0.05) is 18.3 Å². The third-order valence-corrected chi connectivity index (χ3v) is 2.66. The van der Waals surface area contributed by atoms with Gasteiger partial charge < -0.3 is 4.74 Å². The number of halogens is 4. The molecule has 1 aromatic carbocycles. The molecule has 0 bridgehead atoms. The van der Waals surface area contributed by atoms with Gasteiger partial charge in [0.15, 0.2) is 0 Å². The molecule has 1 amide bonds. The van der Waals surface area contributed by atoms with E-state index in [-0.39, 0.29) is 6.61 Å². The summed E-state index contributed by atoms with van der Waals surface area (Å²) in [5.41, 5.74) is 0.837. The number of amides is 1. The fourth-order valence-electron chi connectivity index (χ4n) is 1.16. The van der Waals surface area contributed by atoms with Crippen molar-refractivity contribution < 1.29 is 14.3 Å². The number of hydrogen-bond donors (Lipinski definition) is 0. The summed E-state index contributed by atoms with van der Waals surface area (Å²) in [4.78, 5) is 23.7. The van der Waals surface area contributed by atoms with Crippen LogP contribution in [-0.4, -0.2) is 28.8 Å². The van der Waals surface area contributed by atoms with Crippen molar-refractivity contribution in [2.24, 2.45) is 0 Å². The summed E-state index contributed by atoms with van der Waals surface area (Å²) in [5, 5.41) is -0.576. The lowest BCUT2D eigenvalue weighted by Crippen LogP contribution is -2.30. The van der Waals surface area contributed by atoms with E-state index in [0.717, 1.165) is 0 Å². The number of nitrogens with zero attached hydrogens (tertiary/aromatic N) is 1. The highest BCUT2D eigenvalue weighted by atomic mass is 35.6. The molecule has 0 saturated carbocycles. The van der Waals surface area contributed by atoms with E-state index in [2.05, 4.69) is 0 Å². The van der Waals surface area contributed by atoms with E-state index >= 15 is 0 Å². The minimum atomic E-state index is -1.66. The number of carbonyl (C=O) groups is 2. The van der Waals surface area contributed by atoms with E-state index in [1.54, 1.807) is 12.1 Å². The van der Waals surface area contributed by atoms with Crippen LogP contribution in [0.3, 0.4) is 0 Å². The molecule has 0 radical (unpaired) electrons. The molecule has 0 N–H and O–H groups in total. The molecular formula is C11H9Cl4NO3. The molecule has 0 aromatic heterocycles. The Hall–Kier alpha value is -0.680. The molecule has 1 aromatic rings. The summed E-state index contributed by atoms with van der Waals surface area (Å²) in [6.07, 6.45) is -0.684. The highest BCUT2D eigenvalue weighted by molar-refractivity contribution is 6.68. The van der Waals surface area contributed by atoms with Gasteiger partial charge in [0.05, 0.1) is 0 Å². The van der Waals surface area contributed by atoms with Crippen LogP contribution in [0, 0.1) is 0 Å². The zero-order valence-electron chi connectivity index (χ0n) is 9.70. The third-order valence-electron chi connectivity index (χ3n) is 2.11. The van der Waals surface area contributed by atoms with Gasteiger partial charge in [0.1, 0.15) is 6.61 Å². The lowest BCUT2D eigenvalue weighted by Gasteiger charge is -2.19. The fourth-order valence-corrected chi connectivity index (χ4v) is 1.45. The zero-order valence-corrected chi connectivity index (χ0v) is 12.7. The van der Waals surface area contributed by atoms with Crippen molar-refractivity contribution in [3.63, 3.8) is 0 Å². The monoisotopic (exact) mass is 343 g/mol. The van der Waals surface area contributed by atoms with Crippen molar-refractivity contribution in [1.82, 2.24) is 0 Å². The molecule has 0 aliphatic heterocycles. The van der Waals surface area contributed by atoms with Gasteiger partial charge in [0.25, 0.3) is 5.24 Å². The summed E-state index contributed by atoms with van der Waals surface area (Å²) in [5.74, 6) is 0. The maximum Gasteiger partial charge on any atom is 0.414 e. The molecule has 0 saturated heterocycles. The highest BCUT2D eigenvalue weighted by Crippen LogP contribution is 2.26. The van der Waals surface area contributed by atoms with E-state index in [4.69, 9.17) is 51.1 Å². The van der Waals surface area contributed by atoms with Crippen LogP contribution in [0.25, 0.3) is 0 Å². The normalized spacial score (nSPS) is 11.0. The van der Waals surface area contributed by atoms with Crippen LogP contribution in [0.15, 0.2) is 24.3 Å². The Morgan fingerprint density at radius 3 is 2.16 bits per heavy atom. The standard InChI is InChI=1S/C11H9Cl4NO3/c1-16(10(18)19-6-11(13,14)15)8-4-2-7(3-5-8)9(12)17/h2-5H,6H2,1H3. The van der Waals surface area contributed by atoms with E-state index in [0.29, 0.717) is 11.3 Å². The number of anilines is 1. The Morgan fingerprint density at radius 2 is 1.74 bits per heavy atom. The minimum Gasteiger partial charge on any atom is -0.445 e. The second-order valence-electron chi connectivity index (χ2n) is 3.55. The van der Waals surface area contributed by atoms with Gasteiger partial charge in [-0.05, 0) is 35.9 Å². The van der Waals surface area contributed by atoms with Crippen LogP contribution >= 0.6 is 46.4 Å². The molecule has 8 heteroatoms. The van der Waals surface area contributed by atoms with Crippen molar-refractivity contribution in [3.05, 3.63) is 29.8 Å². The number of rotatable bonds is 3. The Bertz CT molecular complexity index is 470. The smallest absolute Gasteiger partial charge is 0.414 e. The zero-order chi connectivity index (χ0) is 14.6. The molecule has 0 fully saturated rings. The van der Waals surface area contributed by atoms with Gasteiger partial charge in [0.2, 0.25) is 3.79 Å². The Labute approximate surface area is 130 Å². The Morgan fingerprint density at radius 1 is 1.21 bits per heavy atom. The molecule has 0 unspecified atom stereocenters. The van der Waals surface area contributed by atoms with Crippen LogP contribution in [0.5, 0.6) is 0 Å².